The van der Waals surface area contributed by atoms with Crippen LogP contribution in [0, 0.1) is 0 Å². The molecular formula is C19H31ClN4O3. The number of halogens is 1. The number of anilines is 1. The highest BCUT2D eigenvalue weighted by atomic mass is 35.5. The van der Waals surface area contributed by atoms with Crippen LogP contribution in [-0.2, 0) is 14.9 Å². The lowest BCUT2D eigenvalue weighted by Gasteiger charge is -2.39. The summed E-state index contributed by atoms with van der Waals surface area (Å²) in [5, 5.41) is 3.46. The highest BCUT2D eigenvalue weighted by Crippen LogP contribution is 2.41. The van der Waals surface area contributed by atoms with Crippen LogP contribution < -0.4 is 15.0 Å². The molecule has 0 bridgehead atoms. The molecule has 152 valence electrons. The van der Waals surface area contributed by atoms with E-state index >= 15 is 0 Å². The van der Waals surface area contributed by atoms with Gasteiger partial charge in [0.2, 0.25) is 11.8 Å². The molecule has 1 fully saturated rings. The lowest BCUT2D eigenvalue weighted by Crippen LogP contribution is -2.59. The minimum Gasteiger partial charge on any atom is -0.481 e. The Morgan fingerprint density at radius 1 is 1.41 bits per heavy atom. The lowest BCUT2D eigenvalue weighted by atomic mass is 9.87. The number of ether oxygens (including phenoxy) is 2. The van der Waals surface area contributed by atoms with E-state index in [-0.39, 0.29) is 29.8 Å². The van der Waals surface area contributed by atoms with Gasteiger partial charge in [0.25, 0.3) is 0 Å². The maximum absolute atomic E-state index is 13.1. The van der Waals surface area contributed by atoms with Gasteiger partial charge in [-0.25, -0.2) is 4.98 Å². The summed E-state index contributed by atoms with van der Waals surface area (Å²) in [5.41, 5.74) is 1.89. The fourth-order valence-corrected chi connectivity index (χ4v) is 3.93. The van der Waals surface area contributed by atoms with Crippen LogP contribution >= 0.6 is 12.4 Å². The number of pyridine rings is 1. The van der Waals surface area contributed by atoms with Gasteiger partial charge in [-0.3, -0.25) is 9.69 Å². The van der Waals surface area contributed by atoms with Crippen molar-refractivity contribution in [1.29, 1.82) is 0 Å². The van der Waals surface area contributed by atoms with Crippen LogP contribution in [0.1, 0.15) is 26.3 Å². The number of amides is 1. The highest BCUT2D eigenvalue weighted by molar-refractivity contribution is 5.97. The number of carbonyl (C=O) groups excluding carboxylic acids is 1. The Morgan fingerprint density at radius 3 is 2.81 bits per heavy atom. The molecule has 8 heteroatoms. The van der Waals surface area contributed by atoms with Crippen LogP contribution in [0.2, 0.25) is 0 Å². The number of rotatable bonds is 5. The quantitative estimate of drug-likeness (QED) is 0.809. The summed E-state index contributed by atoms with van der Waals surface area (Å²) < 4.78 is 10.6. The number of nitrogens with one attached hydrogen (secondary N) is 1. The molecule has 1 amide bonds. The zero-order valence-corrected chi connectivity index (χ0v) is 17.6. The molecule has 1 saturated heterocycles. The SMILES string of the molecule is COC[C@H]1CN[C@H](C)CN1CC(=O)N1CC(C)(C)c2cc(OC)ncc21.Cl. The molecule has 0 aromatic carbocycles. The van der Waals surface area contributed by atoms with Gasteiger partial charge in [-0.05, 0) is 12.5 Å². The van der Waals surface area contributed by atoms with E-state index in [4.69, 9.17) is 9.47 Å². The van der Waals surface area contributed by atoms with Gasteiger partial charge in [0.05, 0.1) is 32.1 Å². The summed E-state index contributed by atoms with van der Waals surface area (Å²) >= 11 is 0. The van der Waals surface area contributed by atoms with Crippen LogP contribution in [-0.4, -0.2) is 74.9 Å². The second kappa shape index (κ2) is 8.73. The summed E-state index contributed by atoms with van der Waals surface area (Å²) in [7, 11) is 3.32. The Morgan fingerprint density at radius 2 is 2.15 bits per heavy atom. The van der Waals surface area contributed by atoms with Crippen molar-refractivity contribution in [3.8, 4) is 5.88 Å². The topological polar surface area (TPSA) is 66.9 Å². The average Bonchev–Trinajstić information content (AvgIpc) is 2.88. The third-order valence-corrected chi connectivity index (χ3v) is 5.37. The van der Waals surface area contributed by atoms with Crippen molar-refractivity contribution in [2.45, 2.75) is 38.3 Å². The number of fused-ring (bicyclic) bond motifs is 1. The number of methoxy groups -OCH3 is 2. The molecule has 27 heavy (non-hydrogen) atoms. The van der Waals surface area contributed by atoms with Crippen molar-refractivity contribution in [3.63, 3.8) is 0 Å². The third kappa shape index (κ3) is 4.54. The van der Waals surface area contributed by atoms with Crippen molar-refractivity contribution >= 4 is 24.0 Å². The first-order chi connectivity index (χ1) is 12.4. The van der Waals surface area contributed by atoms with Crippen LogP contribution in [0.4, 0.5) is 5.69 Å². The maximum atomic E-state index is 13.1. The molecule has 1 aromatic rings. The van der Waals surface area contributed by atoms with Crippen LogP contribution in [0.15, 0.2) is 12.3 Å². The van der Waals surface area contributed by atoms with Gasteiger partial charge in [-0.15, -0.1) is 12.4 Å². The second-order valence-electron chi connectivity index (χ2n) is 7.96. The van der Waals surface area contributed by atoms with Gasteiger partial charge >= 0.3 is 0 Å². The smallest absolute Gasteiger partial charge is 0.241 e. The van der Waals surface area contributed by atoms with Crippen LogP contribution in [0.3, 0.4) is 0 Å². The molecule has 0 saturated carbocycles. The minimum absolute atomic E-state index is 0. The molecule has 3 rings (SSSR count). The Balaban J connectivity index is 0.00000261. The lowest BCUT2D eigenvalue weighted by molar-refractivity contribution is -0.121. The summed E-state index contributed by atoms with van der Waals surface area (Å²) in [6.45, 7) is 9.79. The number of nitrogens with zero attached hydrogens (tertiary/aromatic N) is 3. The van der Waals surface area contributed by atoms with E-state index in [1.165, 1.54) is 0 Å². The zero-order valence-electron chi connectivity index (χ0n) is 16.8. The van der Waals surface area contributed by atoms with Gasteiger partial charge in [-0.2, -0.15) is 0 Å². The molecule has 1 N–H and O–H groups in total. The van der Waals surface area contributed by atoms with Crippen molar-refractivity contribution in [2.24, 2.45) is 0 Å². The van der Waals surface area contributed by atoms with E-state index in [2.05, 4.69) is 36.0 Å². The van der Waals surface area contributed by atoms with Crippen molar-refractivity contribution in [3.05, 3.63) is 17.8 Å². The van der Waals surface area contributed by atoms with E-state index in [0.29, 0.717) is 31.6 Å². The Labute approximate surface area is 167 Å². The van der Waals surface area contributed by atoms with Gasteiger partial charge in [0, 0.05) is 50.3 Å². The minimum atomic E-state index is -0.121. The summed E-state index contributed by atoms with van der Waals surface area (Å²) in [6.07, 6.45) is 1.76. The molecule has 3 heterocycles. The van der Waals surface area contributed by atoms with E-state index < -0.39 is 0 Å². The second-order valence-corrected chi connectivity index (χ2v) is 7.96. The largest absolute Gasteiger partial charge is 0.481 e. The highest BCUT2D eigenvalue weighted by Gasteiger charge is 2.39. The number of aromatic nitrogens is 1. The normalized spacial score (nSPS) is 24.3. The molecule has 2 aliphatic rings. The first kappa shape index (κ1) is 21.9. The summed E-state index contributed by atoms with van der Waals surface area (Å²) in [4.78, 5) is 21.6. The van der Waals surface area contributed by atoms with Gasteiger partial charge in [0.1, 0.15) is 0 Å². The standard InChI is InChI=1S/C19H30N4O3.ClH/c1-13-9-22(14(7-20-13)11-25-4)10-18(24)23-12-19(2,3)15-6-17(26-5)21-8-16(15)23;/h6,8,13-14,20H,7,9-12H2,1-5H3;1H/t13-,14-;/m1./s1. The van der Waals surface area contributed by atoms with Crippen molar-refractivity contribution < 1.29 is 14.3 Å². The van der Waals surface area contributed by atoms with Gasteiger partial charge < -0.3 is 19.7 Å². The molecule has 7 nitrogen and oxygen atoms in total. The predicted molar refractivity (Wildman–Crippen MR) is 108 cm³/mol. The van der Waals surface area contributed by atoms with Crippen molar-refractivity contribution in [2.75, 3.05) is 51.9 Å². The molecule has 0 unspecified atom stereocenters. The summed E-state index contributed by atoms with van der Waals surface area (Å²) in [5.74, 6) is 0.696. The fourth-order valence-electron chi connectivity index (χ4n) is 3.93. The number of carbonyl (C=O) groups is 1. The number of hydrogen-bond acceptors (Lipinski definition) is 6. The number of hydrogen-bond donors (Lipinski definition) is 1. The monoisotopic (exact) mass is 398 g/mol. The average molecular weight is 399 g/mol. The molecular weight excluding hydrogens is 368 g/mol. The summed E-state index contributed by atoms with van der Waals surface area (Å²) in [6, 6.07) is 2.52. The molecule has 0 spiro atoms. The Kier molecular flexibility index (Phi) is 7.08. The van der Waals surface area contributed by atoms with E-state index in [0.717, 1.165) is 24.3 Å². The fraction of sp³-hybridized carbons (Fsp3) is 0.684. The van der Waals surface area contributed by atoms with Crippen LogP contribution in [0.25, 0.3) is 0 Å². The third-order valence-electron chi connectivity index (χ3n) is 5.37. The molecule has 2 atom stereocenters. The van der Waals surface area contributed by atoms with Gasteiger partial charge in [-0.1, -0.05) is 13.8 Å². The Bertz CT molecular complexity index is 670. The zero-order chi connectivity index (χ0) is 18.9. The Hall–Kier alpha value is -1.41. The van der Waals surface area contributed by atoms with Crippen LogP contribution in [0.5, 0.6) is 5.88 Å². The molecule has 1 aromatic heterocycles. The van der Waals surface area contributed by atoms with E-state index in [9.17, 15) is 4.79 Å². The first-order valence-corrected chi connectivity index (χ1v) is 9.17. The maximum Gasteiger partial charge on any atom is 0.241 e. The van der Waals surface area contributed by atoms with E-state index in [1.807, 2.05) is 11.0 Å². The molecule has 2 aliphatic heterocycles. The first-order valence-electron chi connectivity index (χ1n) is 9.17. The van der Waals surface area contributed by atoms with Gasteiger partial charge in [0.15, 0.2) is 0 Å². The molecule has 0 radical (unpaired) electrons. The molecule has 0 aliphatic carbocycles. The predicted octanol–water partition coefficient (Wildman–Crippen LogP) is 1.44. The van der Waals surface area contributed by atoms with Crippen molar-refractivity contribution in [1.82, 2.24) is 15.2 Å². The van der Waals surface area contributed by atoms with E-state index in [1.54, 1.807) is 20.4 Å². The number of piperazine rings is 1.